The van der Waals surface area contributed by atoms with Gasteiger partial charge in [-0.3, -0.25) is 0 Å². The number of hydrogen-bond donors (Lipinski definition) is 0. The van der Waals surface area contributed by atoms with Crippen molar-refractivity contribution >= 4 is 47.7 Å². The lowest BCUT2D eigenvalue weighted by Gasteiger charge is -2.25. The third-order valence-electron chi connectivity index (χ3n) is 9.91. The van der Waals surface area contributed by atoms with Crippen molar-refractivity contribution < 1.29 is 28.4 Å². The molecule has 0 saturated heterocycles. The van der Waals surface area contributed by atoms with E-state index in [1.807, 2.05) is 60.7 Å². The summed E-state index contributed by atoms with van der Waals surface area (Å²) in [5.74, 6) is 4.79. The van der Waals surface area contributed by atoms with Crippen LogP contribution in [-0.4, -0.2) is 13.6 Å². The topological polar surface area (TPSA) is 55.4 Å². The molecule has 0 aliphatic carbocycles. The first-order valence-electron chi connectivity index (χ1n) is 19.0. The quantitative estimate of drug-likeness (QED) is 0.122. The summed E-state index contributed by atoms with van der Waals surface area (Å²) < 4.78 is 38.5. The van der Waals surface area contributed by atoms with Crippen LogP contribution in [0.4, 0.5) is 0 Å². The molecule has 2 aliphatic rings. The second-order valence-corrected chi connectivity index (χ2v) is 17.9. The normalized spacial score (nSPS) is 12.5. The van der Waals surface area contributed by atoms with E-state index >= 15 is 0 Å². The minimum atomic E-state index is -1.16. The highest BCUT2D eigenvalue weighted by Crippen LogP contribution is 2.56. The second-order valence-electron chi connectivity index (χ2n) is 13.5. The minimum Gasteiger partial charge on any atom is -0.453 e. The molecular formula is C50H36O6P2. The van der Waals surface area contributed by atoms with E-state index in [0.717, 1.165) is 16.4 Å². The molecule has 0 saturated carbocycles. The summed E-state index contributed by atoms with van der Waals surface area (Å²) in [6, 6.07) is 66.7. The van der Waals surface area contributed by atoms with E-state index < -0.39 is 15.8 Å². The summed E-state index contributed by atoms with van der Waals surface area (Å²) in [5, 5.41) is 7.07. The van der Waals surface area contributed by atoms with E-state index in [9.17, 15) is 0 Å². The van der Waals surface area contributed by atoms with Crippen LogP contribution in [0.1, 0.15) is 0 Å². The van der Waals surface area contributed by atoms with Crippen molar-refractivity contribution in [2.75, 3.05) is 13.6 Å². The van der Waals surface area contributed by atoms with Crippen molar-refractivity contribution in [2.45, 2.75) is 0 Å². The van der Waals surface area contributed by atoms with Crippen molar-refractivity contribution in [1.82, 2.24) is 0 Å². The Kier molecular flexibility index (Phi) is 9.95. The average Bonchev–Trinajstić information content (AvgIpc) is 3.99. The first-order valence-corrected chi connectivity index (χ1v) is 21.7. The van der Waals surface area contributed by atoms with Gasteiger partial charge in [-0.05, 0) is 84.8 Å². The molecule has 2 aliphatic heterocycles. The van der Waals surface area contributed by atoms with Gasteiger partial charge in [0.1, 0.15) is 11.5 Å². The summed E-state index contributed by atoms with van der Waals surface area (Å²) in [6.07, 6.45) is 0. The molecule has 0 atom stereocenters. The van der Waals surface area contributed by atoms with E-state index in [0.29, 0.717) is 46.0 Å². The van der Waals surface area contributed by atoms with Gasteiger partial charge in [0.25, 0.3) is 0 Å². The molecule has 8 aromatic rings. The molecule has 0 radical (unpaired) electrons. The zero-order valence-electron chi connectivity index (χ0n) is 31.2. The van der Waals surface area contributed by atoms with Gasteiger partial charge < -0.3 is 28.4 Å². The van der Waals surface area contributed by atoms with Crippen LogP contribution in [0.5, 0.6) is 46.0 Å². The van der Waals surface area contributed by atoms with Crippen molar-refractivity contribution in [3.8, 4) is 57.1 Å². The molecule has 0 N–H and O–H groups in total. The Morgan fingerprint density at radius 2 is 0.793 bits per heavy atom. The highest BCUT2D eigenvalue weighted by molar-refractivity contribution is 7.80. The second kappa shape index (κ2) is 16.1. The van der Waals surface area contributed by atoms with Gasteiger partial charge >= 0.3 is 0 Å². The van der Waals surface area contributed by atoms with Crippen molar-refractivity contribution in [3.05, 3.63) is 194 Å². The van der Waals surface area contributed by atoms with Gasteiger partial charge in [0.05, 0.1) is 0 Å². The lowest BCUT2D eigenvalue weighted by atomic mass is 10.0. The summed E-state index contributed by atoms with van der Waals surface area (Å²) in [7, 11) is -2.00. The summed E-state index contributed by atoms with van der Waals surface area (Å²) in [4.78, 5) is 0. The first kappa shape index (κ1) is 35.8. The standard InChI is InChI=1S/C50H36O6P2/c1-6-17-35(18-7-1)55-43-30-29-42(47-48(43)52-33-51-47)46-45(58(39-24-12-4-13-25-39)40-26-14-5-15-27-40)32-44(49-50(46)54-34-53-49)56-36-19-16-28-41(31-36)57(37-20-8-2-9-21-37)38-22-10-3-11-23-38/h1-32H,33-34H2. The van der Waals surface area contributed by atoms with Crippen LogP contribution >= 0.6 is 15.8 Å². The van der Waals surface area contributed by atoms with Gasteiger partial charge in [-0.15, -0.1) is 0 Å². The smallest absolute Gasteiger partial charge is 0.231 e. The Morgan fingerprint density at radius 3 is 1.38 bits per heavy atom. The molecule has 0 spiro atoms. The Balaban J connectivity index is 1.15. The highest BCUT2D eigenvalue weighted by atomic mass is 31.1. The van der Waals surface area contributed by atoms with Crippen LogP contribution in [0.3, 0.4) is 0 Å². The molecule has 8 heteroatoms. The molecular weight excluding hydrogens is 758 g/mol. The van der Waals surface area contributed by atoms with E-state index in [1.165, 1.54) is 26.5 Å². The lowest BCUT2D eigenvalue weighted by Crippen LogP contribution is -2.22. The van der Waals surface area contributed by atoms with Crippen LogP contribution in [-0.2, 0) is 0 Å². The number of hydrogen-bond acceptors (Lipinski definition) is 6. The van der Waals surface area contributed by atoms with Crippen LogP contribution in [0.25, 0.3) is 11.1 Å². The fraction of sp³-hybridized carbons (Fsp3) is 0.0400. The van der Waals surface area contributed by atoms with Crippen molar-refractivity contribution in [1.29, 1.82) is 0 Å². The van der Waals surface area contributed by atoms with Crippen LogP contribution in [0, 0.1) is 0 Å². The zero-order chi connectivity index (χ0) is 38.7. The Bertz CT molecular complexity index is 2600. The van der Waals surface area contributed by atoms with Crippen molar-refractivity contribution in [3.63, 3.8) is 0 Å². The molecule has 0 unspecified atom stereocenters. The van der Waals surface area contributed by atoms with E-state index in [1.54, 1.807) is 0 Å². The molecule has 10 rings (SSSR count). The van der Waals surface area contributed by atoms with E-state index in [4.69, 9.17) is 28.4 Å². The fourth-order valence-corrected chi connectivity index (χ4v) is 12.2. The predicted molar refractivity (Wildman–Crippen MR) is 235 cm³/mol. The Morgan fingerprint density at radius 1 is 0.345 bits per heavy atom. The molecule has 0 amide bonds. The maximum Gasteiger partial charge on any atom is 0.231 e. The molecule has 58 heavy (non-hydrogen) atoms. The summed E-state index contributed by atoms with van der Waals surface area (Å²) in [5.41, 5.74) is 1.67. The molecule has 0 bridgehead atoms. The number of benzene rings is 8. The largest absolute Gasteiger partial charge is 0.453 e. The average molecular weight is 795 g/mol. The maximum absolute atomic E-state index is 6.96. The molecule has 0 aromatic heterocycles. The van der Waals surface area contributed by atoms with Crippen LogP contribution < -0.4 is 60.2 Å². The number of rotatable bonds is 11. The van der Waals surface area contributed by atoms with Gasteiger partial charge in [0, 0.05) is 16.4 Å². The van der Waals surface area contributed by atoms with E-state index in [2.05, 4.69) is 133 Å². The molecule has 8 aromatic carbocycles. The number of fused-ring (bicyclic) bond motifs is 2. The maximum atomic E-state index is 6.96. The molecule has 282 valence electrons. The third kappa shape index (κ3) is 7.03. The Hall–Kier alpha value is -6.58. The summed E-state index contributed by atoms with van der Waals surface area (Å²) >= 11 is 0. The summed E-state index contributed by atoms with van der Waals surface area (Å²) in [6.45, 7) is 0.101. The first-order chi connectivity index (χ1) is 28.8. The van der Waals surface area contributed by atoms with Gasteiger partial charge in [-0.2, -0.15) is 0 Å². The number of para-hydroxylation sites is 1. The van der Waals surface area contributed by atoms with E-state index in [-0.39, 0.29) is 13.6 Å². The van der Waals surface area contributed by atoms with Crippen molar-refractivity contribution in [2.24, 2.45) is 0 Å². The fourth-order valence-electron chi connectivity index (χ4n) is 7.40. The minimum absolute atomic E-state index is 0.0405. The third-order valence-corrected chi connectivity index (χ3v) is 14.8. The van der Waals surface area contributed by atoms with Crippen LogP contribution in [0.2, 0.25) is 0 Å². The van der Waals surface area contributed by atoms with Gasteiger partial charge in [-0.1, -0.05) is 152 Å². The SMILES string of the molecule is c1ccc(Oc2ccc(-c3c(P(c4ccccc4)c4ccccc4)cc(Oc4cccc(P(c5ccccc5)c5ccccc5)c4)c4c3OCO4)c3c2OCO3)cc1. The predicted octanol–water partition coefficient (Wildman–Crippen LogP) is 9.91. The number of ether oxygens (including phenoxy) is 6. The highest BCUT2D eigenvalue weighted by Gasteiger charge is 2.35. The monoisotopic (exact) mass is 794 g/mol. The zero-order valence-corrected chi connectivity index (χ0v) is 33.0. The van der Waals surface area contributed by atoms with Gasteiger partial charge in [-0.25, -0.2) is 0 Å². The molecule has 0 fully saturated rings. The van der Waals surface area contributed by atoms with Crippen LogP contribution in [0.15, 0.2) is 194 Å². The lowest BCUT2D eigenvalue weighted by molar-refractivity contribution is 0.171. The van der Waals surface area contributed by atoms with Gasteiger partial charge in [0.2, 0.25) is 25.1 Å². The Labute approximate surface area is 339 Å². The molecule has 6 nitrogen and oxygen atoms in total. The molecule has 2 heterocycles. The van der Waals surface area contributed by atoms with Gasteiger partial charge in [0.15, 0.2) is 23.0 Å².